The molecule has 3 fully saturated rings. The zero-order valence-corrected chi connectivity index (χ0v) is 21.8. The number of aliphatic hydroxyl groups excluding tert-OH is 8. The number of nitrogens with two attached hydrogens (primary N) is 3. The van der Waals surface area contributed by atoms with Crippen molar-refractivity contribution in [3.8, 4) is 0 Å². The molecule has 0 aromatic carbocycles. The Labute approximate surface area is 228 Å². The topological polar surface area (TPSA) is 306 Å². The molecular weight excluding hydrogens is 554 g/mol. The molecule has 3 aliphatic heterocycles. The quantitative estimate of drug-likeness (QED) is 0.110. The number of ether oxygens (including phenoxy) is 5. The number of hydrogen-bond donors (Lipinski definition) is 12. The van der Waals surface area contributed by atoms with Gasteiger partial charge in [-0.2, -0.15) is 0 Å². The van der Waals surface area contributed by atoms with Crippen LogP contribution in [0.2, 0.25) is 0 Å². The number of aliphatic hydroxyl groups is 9. The van der Waals surface area contributed by atoms with Crippen LogP contribution in [0.4, 0.5) is 0 Å². The Morgan fingerprint density at radius 3 is 1.87 bits per heavy atom. The third-order valence-corrected chi connectivity index (χ3v) is 8.10. The molecule has 0 aromatic heterocycles. The molecule has 17 nitrogen and oxygen atoms in total. The number of hydrogen-bond acceptors (Lipinski definition) is 17. The number of halogens is 1. The third kappa shape index (κ3) is 5.81. The van der Waals surface area contributed by atoms with Gasteiger partial charge in [0, 0.05) is 0 Å². The molecule has 0 amide bonds. The molecule has 3 rings (SSSR count). The summed E-state index contributed by atoms with van der Waals surface area (Å²) in [5, 5.41) is 90.0. The van der Waals surface area contributed by atoms with E-state index in [-0.39, 0.29) is 6.42 Å². The Balaban J connectivity index is 1.81. The van der Waals surface area contributed by atoms with Crippen LogP contribution in [-0.2, 0) is 23.7 Å². The fourth-order valence-electron chi connectivity index (χ4n) is 4.99. The van der Waals surface area contributed by atoms with Gasteiger partial charge in [-0.25, -0.2) is 0 Å². The summed E-state index contributed by atoms with van der Waals surface area (Å²) in [7, 11) is 0. The second kappa shape index (κ2) is 12.9. The molecule has 3 heterocycles. The van der Waals surface area contributed by atoms with Crippen molar-refractivity contribution in [3.63, 3.8) is 0 Å². The Bertz CT molecular complexity index is 801. The van der Waals surface area contributed by atoms with Crippen molar-refractivity contribution in [3.05, 3.63) is 0 Å². The molecule has 0 radical (unpaired) electrons. The van der Waals surface area contributed by atoms with Crippen LogP contribution in [0, 0.1) is 0 Å². The third-order valence-electron chi connectivity index (χ3n) is 7.55. The predicted octanol–water partition coefficient (Wildman–Crippen LogP) is -6.97. The van der Waals surface area contributed by atoms with E-state index in [1.54, 1.807) is 0 Å². The van der Waals surface area contributed by atoms with Crippen LogP contribution >= 0.6 is 11.6 Å². The summed E-state index contributed by atoms with van der Waals surface area (Å²) in [5.41, 5.74) is 15.4. The molecular formula is C21H40ClN3O14. The van der Waals surface area contributed by atoms with E-state index in [1.807, 2.05) is 0 Å². The lowest BCUT2D eigenvalue weighted by atomic mass is 9.80. The van der Waals surface area contributed by atoms with Crippen LogP contribution in [0.1, 0.15) is 13.3 Å². The minimum atomic E-state index is -2.75. The van der Waals surface area contributed by atoms with Gasteiger partial charge in [-0.05, 0) is 6.42 Å². The van der Waals surface area contributed by atoms with E-state index in [0.29, 0.717) is 0 Å². The van der Waals surface area contributed by atoms with Gasteiger partial charge in [-0.15, -0.1) is 0 Å². The van der Waals surface area contributed by atoms with Crippen molar-refractivity contribution < 1.29 is 69.6 Å². The van der Waals surface area contributed by atoms with Gasteiger partial charge in [0.2, 0.25) is 0 Å². The molecule has 0 bridgehead atoms. The lowest BCUT2D eigenvalue weighted by molar-refractivity contribution is -0.375. The Morgan fingerprint density at radius 1 is 0.846 bits per heavy atom. The normalized spacial score (nSPS) is 52.0. The molecule has 39 heavy (non-hydrogen) atoms. The highest BCUT2D eigenvalue weighted by atomic mass is 35.5. The highest BCUT2D eigenvalue weighted by molar-refractivity contribution is 6.24. The van der Waals surface area contributed by atoms with Crippen molar-refractivity contribution in [1.29, 1.82) is 0 Å². The maximum Gasteiger partial charge on any atom is 0.200 e. The molecule has 15 N–H and O–H groups in total. The van der Waals surface area contributed by atoms with Crippen LogP contribution in [0.15, 0.2) is 0 Å². The first-order valence-electron chi connectivity index (χ1n) is 12.4. The Kier molecular flexibility index (Phi) is 10.9. The Hall–Kier alpha value is -0.390. The molecule has 0 aromatic rings. The first-order chi connectivity index (χ1) is 18.2. The summed E-state index contributed by atoms with van der Waals surface area (Å²) in [6.07, 6.45) is -17.2. The summed E-state index contributed by atoms with van der Waals surface area (Å²) in [4.78, 5) is 0. The first-order valence-corrected chi connectivity index (χ1v) is 12.8. The fraction of sp³-hybridized carbons (Fsp3) is 1.00. The zero-order chi connectivity index (χ0) is 29.4. The van der Waals surface area contributed by atoms with E-state index in [1.165, 1.54) is 6.92 Å². The van der Waals surface area contributed by atoms with Crippen LogP contribution in [-0.4, -0.2) is 162 Å². The molecule has 0 spiro atoms. The minimum absolute atomic E-state index is 0.0746. The van der Waals surface area contributed by atoms with Gasteiger partial charge in [-0.3, -0.25) is 0 Å². The lowest BCUT2D eigenvalue weighted by Crippen LogP contribution is -2.77. The largest absolute Gasteiger partial charge is 0.394 e. The highest BCUT2D eigenvalue weighted by Gasteiger charge is 2.66. The van der Waals surface area contributed by atoms with Crippen molar-refractivity contribution in [1.82, 2.24) is 0 Å². The summed E-state index contributed by atoms with van der Waals surface area (Å²) in [5.74, 6) is 0. The number of alkyl halides is 1. The van der Waals surface area contributed by atoms with Gasteiger partial charge in [0.05, 0.1) is 44.1 Å². The standard InChI is InChI=1S/C21H40ClN3O14/c1-2-8(29)20(5-28)21(22,34)16(32)11(25)19(39-20)38-15-7(4-27)36-18(10(24)13(15)31)37-14-6(3-26)35-17(33)9(23)12(14)30/h6-19,26-34H,2-5,23-25H2,1H3/t6-,7-,8?,9-,10-,11-,12-,13-,14?,15?,16-,17-,18+,19+,20-,21-/m1/s1. The van der Waals surface area contributed by atoms with Crippen LogP contribution < -0.4 is 17.2 Å². The fourth-order valence-corrected chi connectivity index (χ4v) is 5.37. The smallest absolute Gasteiger partial charge is 0.200 e. The minimum Gasteiger partial charge on any atom is -0.394 e. The van der Waals surface area contributed by atoms with Crippen molar-refractivity contribution in [2.45, 2.75) is 110 Å². The van der Waals surface area contributed by atoms with E-state index in [2.05, 4.69) is 0 Å². The van der Waals surface area contributed by atoms with E-state index < -0.39 is 116 Å². The second-order valence-corrected chi connectivity index (χ2v) is 10.5. The second-order valence-electron chi connectivity index (χ2n) is 9.96. The molecule has 3 saturated heterocycles. The summed E-state index contributed by atoms with van der Waals surface area (Å²) >= 11 is 6.10. The average Bonchev–Trinajstić information content (AvgIpc) is 2.92. The van der Waals surface area contributed by atoms with Gasteiger partial charge < -0.3 is 86.8 Å². The first kappa shape index (κ1) is 33.1. The van der Waals surface area contributed by atoms with Crippen molar-refractivity contribution in [2.24, 2.45) is 17.2 Å². The molecule has 16 atom stereocenters. The SMILES string of the molecule is CCC(O)[C@@]1(CO)O[C@H](OC2[C@@H](CO)O[C@@H](OC3[C@@H](CO)O[C@@H](O)[C@H](N)[C@H]3O)[C@H](N)[C@H]2O)[C@H](N)[C@@H](O)[C@]1(O)Cl. The van der Waals surface area contributed by atoms with E-state index in [0.717, 1.165) is 0 Å². The maximum atomic E-state index is 11.0. The molecule has 3 aliphatic rings. The lowest BCUT2D eigenvalue weighted by Gasteiger charge is -2.55. The monoisotopic (exact) mass is 593 g/mol. The predicted molar refractivity (Wildman–Crippen MR) is 127 cm³/mol. The molecule has 230 valence electrons. The van der Waals surface area contributed by atoms with Gasteiger partial charge in [-0.1, -0.05) is 18.5 Å². The summed E-state index contributed by atoms with van der Waals surface area (Å²) in [6.45, 7) is -1.04. The Morgan fingerprint density at radius 2 is 1.36 bits per heavy atom. The summed E-state index contributed by atoms with van der Waals surface area (Å²) < 4.78 is 27.9. The zero-order valence-electron chi connectivity index (χ0n) is 21.1. The summed E-state index contributed by atoms with van der Waals surface area (Å²) in [6, 6.07) is -4.32. The van der Waals surface area contributed by atoms with Gasteiger partial charge >= 0.3 is 0 Å². The highest BCUT2D eigenvalue weighted by Crippen LogP contribution is 2.44. The molecule has 3 unspecified atom stereocenters. The van der Waals surface area contributed by atoms with E-state index >= 15 is 0 Å². The van der Waals surface area contributed by atoms with E-state index in [9.17, 15) is 46.0 Å². The van der Waals surface area contributed by atoms with Crippen molar-refractivity contribution in [2.75, 3.05) is 19.8 Å². The molecule has 18 heteroatoms. The van der Waals surface area contributed by atoms with Crippen LogP contribution in [0.25, 0.3) is 0 Å². The van der Waals surface area contributed by atoms with Gasteiger partial charge in [0.15, 0.2) is 29.5 Å². The molecule has 0 aliphatic carbocycles. The van der Waals surface area contributed by atoms with Crippen LogP contribution in [0.3, 0.4) is 0 Å². The van der Waals surface area contributed by atoms with Crippen LogP contribution in [0.5, 0.6) is 0 Å². The van der Waals surface area contributed by atoms with Crippen molar-refractivity contribution >= 4 is 11.6 Å². The maximum absolute atomic E-state index is 11.0. The van der Waals surface area contributed by atoms with E-state index in [4.69, 9.17) is 52.5 Å². The number of rotatable bonds is 9. The van der Waals surface area contributed by atoms with Gasteiger partial charge in [0.25, 0.3) is 0 Å². The molecule has 0 saturated carbocycles. The average molecular weight is 594 g/mol. The van der Waals surface area contributed by atoms with Gasteiger partial charge in [0.1, 0.15) is 42.7 Å².